The first kappa shape index (κ1) is 18.5. The zero-order chi connectivity index (χ0) is 18.1. The number of carbonyl (C=O) groups is 1. The maximum atomic E-state index is 12.8. The molecule has 0 N–H and O–H groups in total. The molecule has 25 heavy (non-hydrogen) atoms. The Labute approximate surface area is 155 Å². The van der Waals surface area contributed by atoms with Crippen LogP contribution in [0.1, 0.15) is 57.1 Å². The standard InChI is InChI=1S/C21H28O3S/c1-15-10-6-7-11-16(15)17-14-23-21(12-8-5-9-13-21)18(17)24-19(22)20(2,3)25-4/h6-7,10-11H,5,8-9,12-14H2,1-4H3. The van der Waals surface area contributed by atoms with Crippen molar-refractivity contribution in [2.45, 2.75) is 63.2 Å². The van der Waals surface area contributed by atoms with E-state index in [9.17, 15) is 4.79 Å². The fourth-order valence-corrected chi connectivity index (χ4v) is 3.88. The smallest absolute Gasteiger partial charge is 0.326 e. The van der Waals surface area contributed by atoms with Crippen LogP contribution in [-0.2, 0) is 14.3 Å². The fraction of sp³-hybridized carbons (Fsp3) is 0.571. The first-order valence-corrected chi connectivity index (χ1v) is 10.3. The third kappa shape index (κ3) is 3.52. The fourth-order valence-electron chi connectivity index (χ4n) is 3.68. The summed E-state index contributed by atoms with van der Waals surface area (Å²) in [5.74, 6) is 0.588. The number of esters is 1. The summed E-state index contributed by atoms with van der Waals surface area (Å²) in [7, 11) is 0. The van der Waals surface area contributed by atoms with Gasteiger partial charge in [-0.2, -0.15) is 0 Å². The molecule has 1 saturated carbocycles. The Balaban J connectivity index is 2.04. The number of hydrogen-bond acceptors (Lipinski definition) is 4. The molecule has 1 heterocycles. The molecule has 136 valence electrons. The van der Waals surface area contributed by atoms with Crippen molar-refractivity contribution in [2.24, 2.45) is 0 Å². The average Bonchev–Trinajstić information content (AvgIpc) is 2.94. The van der Waals surface area contributed by atoms with E-state index in [0.29, 0.717) is 6.61 Å². The van der Waals surface area contributed by atoms with E-state index < -0.39 is 10.3 Å². The van der Waals surface area contributed by atoms with E-state index in [-0.39, 0.29) is 5.97 Å². The Morgan fingerprint density at radius 1 is 1.20 bits per heavy atom. The number of ether oxygens (including phenoxy) is 2. The third-order valence-corrected chi connectivity index (χ3v) is 6.70. The summed E-state index contributed by atoms with van der Waals surface area (Å²) in [5, 5.41) is 0. The van der Waals surface area contributed by atoms with Gasteiger partial charge >= 0.3 is 5.97 Å². The largest absolute Gasteiger partial charge is 0.426 e. The maximum absolute atomic E-state index is 12.8. The molecule has 0 radical (unpaired) electrons. The van der Waals surface area contributed by atoms with E-state index in [1.54, 1.807) is 0 Å². The van der Waals surface area contributed by atoms with Crippen molar-refractivity contribution in [2.75, 3.05) is 12.9 Å². The van der Waals surface area contributed by atoms with Crippen LogP contribution >= 0.6 is 11.8 Å². The van der Waals surface area contributed by atoms with Crippen LogP contribution in [-0.4, -0.2) is 29.2 Å². The van der Waals surface area contributed by atoms with E-state index >= 15 is 0 Å². The van der Waals surface area contributed by atoms with Gasteiger partial charge in [0, 0.05) is 5.57 Å². The Bertz CT molecular complexity index is 684. The highest BCUT2D eigenvalue weighted by Gasteiger charge is 2.47. The van der Waals surface area contributed by atoms with Crippen LogP contribution in [0.5, 0.6) is 0 Å². The van der Waals surface area contributed by atoms with E-state index in [2.05, 4.69) is 19.1 Å². The molecule has 0 amide bonds. The molecule has 0 atom stereocenters. The van der Waals surface area contributed by atoms with Crippen molar-refractivity contribution in [3.63, 3.8) is 0 Å². The van der Waals surface area contributed by atoms with Gasteiger partial charge in [0.05, 0.1) is 6.61 Å². The van der Waals surface area contributed by atoms with Crippen LogP contribution in [0.15, 0.2) is 30.0 Å². The van der Waals surface area contributed by atoms with Gasteiger partial charge in [-0.1, -0.05) is 43.5 Å². The second-order valence-corrected chi connectivity index (χ2v) is 9.00. The van der Waals surface area contributed by atoms with Crippen LogP contribution in [0, 0.1) is 6.92 Å². The SMILES string of the molecule is CSC(C)(C)C(=O)OC1=C(c2ccccc2C)COC12CCCCC2. The highest BCUT2D eigenvalue weighted by molar-refractivity contribution is 8.00. The lowest BCUT2D eigenvalue weighted by Gasteiger charge is -2.35. The van der Waals surface area contributed by atoms with E-state index in [1.165, 1.54) is 23.7 Å². The highest BCUT2D eigenvalue weighted by atomic mass is 32.2. The summed E-state index contributed by atoms with van der Waals surface area (Å²) in [6.45, 7) is 6.45. The maximum Gasteiger partial charge on any atom is 0.326 e. The number of benzene rings is 1. The molecule has 0 unspecified atom stereocenters. The minimum absolute atomic E-state index is 0.184. The Hall–Kier alpha value is -1.26. The molecule has 0 bridgehead atoms. The lowest BCUT2D eigenvalue weighted by atomic mass is 9.82. The molecule has 1 fully saturated rings. The van der Waals surface area contributed by atoms with E-state index in [1.807, 2.05) is 32.2 Å². The Morgan fingerprint density at radius 2 is 1.88 bits per heavy atom. The Kier molecular flexibility index (Phi) is 5.31. The van der Waals surface area contributed by atoms with Crippen LogP contribution < -0.4 is 0 Å². The van der Waals surface area contributed by atoms with Gasteiger partial charge in [-0.05, 0) is 51.0 Å². The third-order valence-electron chi connectivity index (χ3n) is 5.51. The molecule has 1 aliphatic heterocycles. The summed E-state index contributed by atoms with van der Waals surface area (Å²) < 4.78 is 11.8. The van der Waals surface area contributed by atoms with E-state index in [0.717, 1.165) is 42.6 Å². The quantitative estimate of drug-likeness (QED) is 0.698. The van der Waals surface area contributed by atoms with E-state index in [4.69, 9.17) is 9.47 Å². The Morgan fingerprint density at radius 3 is 2.52 bits per heavy atom. The number of carbonyl (C=O) groups excluding carboxylic acids is 1. The molecular formula is C21H28O3S. The van der Waals surface area contributed by atoms with Crippen LogP contribution in [0.3, 0.4) is 0 Å². The molecule has 1 aromatic carbocycles. The zero-order valence-electron chi connectivity index (χ0n) is 15.7. The van der Waals surface area contributed by atoms with Crippen LogP contribution in [0.25, 0.3) is 5.57 Å². The van der Waals surface area contributed by atoms with Gasteiger partial charge in [-0.3, -0.25) is 4.79 Å². The first-order chi connectivity index (χ1) is 11.9. The summed E-state index contributed by atoms with van der Waals surface area (Å²) in [5.41, 5.74) is 2.95. The first-order valence-electron chi connectivity index (χ1n) is 9.11. The topological polar surface area (TPSA) is 35.5 Å². The molecule has 1 aliphatic carbocycles. The molecule has 3 rings (SSSR count). The van der Waals surface area contributed by atoms with Crippen molar-refractivity contribution in [3.8, 4) is 0 Å². The van der Waals surface area contributed by atoms with Crippen molar-refractivity contribution >= 4 is 23.3 Å². The van der Waals surface area contributed by atoms with Gasteiger partial charge in [-0.25, -0.2) is 0 Å². The minimum atomic E-state index is -0.567. The summed E-state index contributed by atoms with van der Waals surface area (Å²) in [4.78, 5) is 12.8. The van der Waals surface area contributed by atoms with Crippen molar-refractivity contribution in [1.82, 2.24) is 0 Å². The van der Waals surface area contributed by atoms with Gasteiger partial charge in [0.1, 0.15) is 16.1 Å². The second kappa shape index (κ2) is 7.16. The lowest BCUT2D eigenvalue weighted by Crippen LogP contribution is -2.38. The van der Waals surface area contributed by atoms with Gasteiger partial charge in [0.2, 0.25) is 0 Å². The summed E-state index contributed by atoms with van der Waals surface area (Å²) >= 11 is 1.52. The van der Waals surface area contributed by atoms with Crippen LogP contribution in [0.4, 0.5) is 0 Å². The van der Waals surface area contributed by atoms with Crippen molar-refractivity contribution in [1.29, 1.82) is 0 Å². The molecule has 4 heteroatoms. The van der Waals surface area contributed by atoms with Crippen molar-refractivity contribution < 1.29 is 14.3 Å². The molecule has 0 saturated heterocycles. The normalized spacial score (nSPS) is 20.2. The predicted octanol–water partition coefficient (Wildman–Crippen LogP) is 5.12. The number of thioether (sulfide) groups is 1. The second-order valence-electron chi connectivity index (χ2n) is 7.57. The molecule has 0 aromatic heterocycles. The average molecular weight is 361 g/mol. The monoisotopic (exact) mass is 360 g/mol. The molecule has 1 aromatic rings. The summed E-state index contributed by atoms with van der Waals surface area (Å²) in [6, 6.07) is 8.27. The van der Waals surface area contributed by atoms with Gasteiger partial charge < -0.3 is 9.47 Å². The van der Waals surface area contributed by atoms with Crippen molar-refractivity contribution in [3.05, 3.63) is 41.2 Å². The summed E-state index contributed by atoms with van der Waals surface area (Å²) in [6.07, 6.45) is 7.28. The van der Waals surface area contributed by atoms with Gasteiger partial charge in [-0.15, -0.1) is 11.8 Å². The van der Waals surface area contributed by atoms with Gasteiger partial charge in [0.25, 0.3) is 0 Å². The zero-order valence-corrected chi connectivity index (χ0v) is 16.5. The molecule has 3 nitrogen and oxygen atoms in total. The van der Waals surface area contributed by atoms with Crippen LogP contribution in [0.2, 0.25) is 0 Å². The minimum Gasteiger partial charge on any atom is -0.426 e. The highest BCUT2D eigenvalue weighted by Crippen LogP contribution is 2.47. The van der Waals surface area contributed by atoms with Gasteiger partial charge in [0.15, 0.2) is 0 Å². The number of hydrogen-bond donors (Lipinski definition) is 0. The number of aryl methyl sites for hydroxylation is 1. The predicted molar refractivity (Wildman–Crippen MR) is 104 cm³/mol. The molecular weight excluding hydrogens is 332 g/mol. The number of rotatable bonds is 4. The lowest BCUT2D eigenvalue weighted by molar-refractivity contribution is -0.146. The molecule has 1 spiro atoms. The molecule has 2 aliphatic rings.